The van der Waals surface area contributed by atoms with Crippen LogP contribution in [0.2, 0.25) is 0 Å². The Morgan fingerprint density at radius 1 is 1.24 bits per heavy atom. The van der Waals surface area contributed by atoms with E-state index in [-0.39, 0.29) is 0 Å². The first-order valence-corrected chi connectivity index (χ1v) is 7.79. The maximum absolute atomic E-state index is 5.34. The molecular weight excluding hydrogens is 284 g/mol. The quantitative estimate of drug-likeness (QED) is 0.853. The lowest BCUT2D eigenvalue weighted by Crippen LogP contribution is -2.27. The number of benzene rings is 1. The van der Waals surface area contributed by atoms with E-state index in [1.807, 2.05) is 18.3 Å². The molecule has 1 unspecified atom stereocenters. The molecule has 5 heteroatoms. The first kappa shape index (κ1) is 15.8. The molecule has 1 aromatic heterocycles. The Balaban J connectivity index is 1.91. The van der Waals surface area contributed by atoms with Crippen molar-refractivity contribution in [3.63, 3.8) is 0 Å². The van der Waals surface area contributed by atoms with Crippen molar-refractivity contribution in [1.29, 1.82) is 0 Å². The highest BCUT2D eigenvalue weighted by Crippen LogP contribution is 2.28. The average Bonchev–Trinajstić information content (AvgIpc) is 2.90. The minimum absolute atomic E-state index is 0.368. The van der Waals surface area contributed by atoms with Crippen LogP contribution in [0.15, 0.2) is 24.4 Å². The highest BCUT2D eigenvalue weighted by atomic mass is 32.1. The Bertz CT molecular complexity index is 583. The molecule has 0 saturated heterocycles. The van der Waals surface area contributed by atoms with E-state index < -0.39 is 0 Å². The van der Waals surface area contributed by atoms with Gasteiger partial charge >= 0.3 is 0 Å². The van der Waals surface area contributed by atoms with E-state index in [4.69, 9.17) is 9.47 Å². The van der Waals surface area contributed by atoms with Crippen LogP contribution in [-0.2, 0) is 13.0 Å². The second-order valence-corrected chi connectivity index (χ2v) is 6.36. The molecule has 0 radical (unpaired) electrons. The number of hydrogen-bond donors (Lipinski definition) is 1. The van der Waals surface area contributed by atoms with Crippen molar-refractivity contribution in [1.82, 2.24) is 10.3 Å². The van der Waals surface area contributed by atoms with Gasteiger partial charge < -0.3 is 14.8 Å². The predicted octanol–water partition coefficient (Wildman–Crippen LogP) is 3.19. The number of nitrogens with zero attached hydrogens (tertiary/aromatic N) is 1. The molecule has 0 aliphatic heterocycles. The van der Waals surface area contributed by atoms with Gasteiger partial charge in [0, 0.05) is 23.7 Å². The lowest BCUT2D eigenvalue weighted by atomic mass is 10.1. The third-order valence-corrected chi connectivity index (χ3v) is 4.17. The maximum atomic E-state index is 5.34. The van der Waals surface area contributed by atoms with Crippen LogP contribution in [0.4, 0.5) is 0 Å². The Morgan fingerprint density at radius 3 is 2.62 bits per heavy atom. The van der Waals surface area contributed by atoms with E-state index in [0.29, 0.717) is 6.04 Å². The summed E-state index contributed by atoms with van der Waals surface area (Å²) in [5.74, 6) is 1.54. The SMILES string of the molecule is COc1ccc(CC(C)NCc2ncc(C)s2)cc1OC. The smallest absolute Gasteiger partial charge is 0.160 e. The molecule has 0 spiro atoms. The first-order chi connectivity index (χ1) is 10.1. The Hall–Kier alpha value is -1.59. The molecule has 0 bridgehead atoms. The molecule has 21 heavy (non-hydrogen) atoms. The fourth-order valence-corrected chi connectivity index (χ4v) is 2.92. The van der Waals surface area contributed by atoms with Gasteiger partial charge in [-0.2, -0.15) is 0 Å². The van der Waals surface area contributed by atoms with Crippen LogP contribution in [0, 0.1) is 6.92 Å². The lowest BCUT2D eigenvalue weighted by Gasteiger charge is -2.14. The molecule has 1 heterocycles. The molecule has 0 fully saturated rings. The zero-order chi connectivity index (χ0) is 15.2. The molecule has 0 aliphatic rings. The zero-order valence-electron chi connectivity index (χ0n) is 13.0. The Morgan fingerprint density at radius 2 is 2.00 bits per heavy atom. The summed E-state index contributed by atoms with van der Waals surface area (Å²) in [6.07, 6.45) is 2.85. The van der Waals surface area contributed by atoms with Gasteiger partial charge in [0.1, 0.15) is 5.01 Å². The lowest BCUT2D eigenvalue weighted by molar-refractivity contribution is 0.354. The molecule has 114 valence electrons. The average molecular weight is 306 g/mol. The molecule has 4 nitrogen and oxygen atoms in total. The largest absolute Gasteiger partial charge is 0.493 e. The molecule has 0 aliphatic carbocycles. The summed E-state index contributed by atoms with van der Waals surface area (Å²) in [4.78, 5) is 5.61. The van der Waals surface area contributed by atoms with E-state index in [2.05, 4.69) is 30.2 Å². The van der Waals surface area contributed by atoms with Crippen LogP contribution in [0.1, 0.15) is 22.4 Å². The molecule has 1 atom stereocenters. The van der Waals surface area contributed by atoms with Crippen LogP contribution in [-0.4, -0.2) is 25.2 Å². The van der Waals surface area contributed by atoms with Gasteiger partial charge in [0.2, 0.25) is 0 Å². The van der Waals surface area contributed by atoms with Crippen LogP contribution in [0.3, 0.4) is 0 Å². The Kier molecular flexibility index (Phi) is 5.59. The zero-order valence-corrected chi connectivity index (χ0v) is 13.8. The number of hydrogen-bond acceptors (Lipinski definition) is 5. The summed E-state index contributed by atoms with van der Waals surface area (Å²) >= 11 is 1.74. The standard InChI is InChI=1S/C16H22N2O2S/c1-11(17-10-16-18-9-12(2)21-16)7-13-5-6-14(19-3)15(8-13)20-4/h5-6,8-9,11,17H,7,10H2,1-4H3. The number of aryl methyl sites for hydroxylation is 1. The molecule has 0 amide bonds. The highest BCUT2D eigenvalue weighted by molar-refractivity contribution is 7.11. The van der Waals surface area contributed by atoms with Crippen LogP contribution in [0.5, 0.6) is 11.5 Å². The highest BCUT2D eigenvalue weighted by Gasteiger charge is 2.08. The van der Waals surface area contributed by atoms with Crippen LogP contribution >= 0.6 is 11.3 Å². The van der Waals surface area contributed by atoms with Crippen molar-refractivity contribution in [2.24, 2.45) is 0 Å². The van der Waals surface area contributed by atoms with E-state index >= 15 is 0 Å². The van der Waals surface area contributed by atoms with E-state index in [9.17, 15) is 0 Å². The van der Waals surface area contributed by atoms with Crippen molar-refractivity contribution in [3.8, 4) is 11.5 Å². The minimum atomic E-state index is 0.368. The number of ether oxygens (including phenoxy) is 2. The Labute approximate surface area is 130 Å². The topological polar surface area (TPSA) is 43.4 Å². The number of rotatable bonds is 7. The number of aromatic nitrogens is 1. The summed E-state index contributed by atoms with van der Waals surface area (Å²) in [5.41, 5.74) is 1.22. The second kappa shape index (κ2) is 7.43. The third-order valence-electron chi connectivity index (χ3n) is 3.26. The summed E-state index contributed by atoms with van der Waals surface area (Å²) in [5, 5.41) is 4.63. The van der Waals surface area contributed by atoms with Crippen LogP contribution < -0.4 is 14.8 Å². The van der Waals surface area contributed by atoms with Gasteiger partial charge in [-0.15, -0.1) is 11.3 Å². The predicted molar refractivity (Wildman–Crippen MR) is 86.4 cm³/mol. The monoisotopic (exact) mass is 306 g/mol. The van der Waals surface area contributed by atoms with Crippen molar-refractivity contribution in [2.45, 2.75) is 32.9 Å². The normalized spacial score (nSPS) is 12.2. The van der Waals surface area contributed by atoms with E-state index in [0.717, 1.165) is 29.5 Å². The minimum Gasteiger partial charge on any atom is -0.493 e. The van der Waals surface area contributed by atoms with Gasteiger partial charge in [0.15, 0.2) is 11.5 Å². The van der Waals surface area contributed by atoms with Gasteiger partial charge in [-0.1, -0.05) is 6.07 Å². The number of methoxy groups -OCH3 is 2. The molecular formula is C16H22N2O2S. The third kappa shape index (κ3) is 4.44. The molecule has 0 saturated carbocycles. The van der Waals surface area contributed by atoms with Gasteiger partial charge in [-0.25, -0.2) is 4.98 Å². The summed E-state index contributed by atoms with van der Waals surface area (Å²) < 4.78 is 10.6. The van der Waals surface area contributed by atoms with Gasteiger partial charge in [-0.05, 0) is 38.0 Å². The molecule has 2 rings (SSSR count). The van der Waals surface area contributed by atoms with Crippen molar-refractivity contribution >= 4 is 11.3 Å². The van der Waals surface area contributed by atoms with E-state index in [1.54, 1.807) is 25.6 Å². The maximum Gasteiger partial charge on any atom is 0.160 e. The van der Waals surface area contributed by atoms with E-state index in [1.165, 1.54) is 10.4 Å². The van der Waals surface area contributed by atoms with Crippen LogP contribution in [0.25, 0.3) is 0 Å². The van der Waals surface area contributed by atoms with Crippen molar-refractivity contribution in [3.05, 3.63) is 39.8 Å². The fraction of sp³-hybridized carbons (Fsp3) is 0.438. The number of nitrogens with one attached hydrogen (secondary N) is 1. The molecule has 1 aromatic carbocycles. The summed E-state index contributed by atoms with van der Waals surface area (Å²) in [7, 11) is 3.31. The molecule has 2 aromatic rings. The summed E-state index contributed by atoms with van der Waals surface area (Å²) in [6, 6.07) is 6.43. The van der Waals surface area contributed by atoms with Crippen molar-refractivity contribution < 1.29 is 9.47 Å². The van der Waals surface area contributed by atoms with Gasteiger partial charge in [0.05, 0.1) is 14.2 Å². The fourth-order valence-electron chi connectivity index (χ4n) is 2.18. The number of thiazole rings is 1. The first-order valence-electron chi connectivity index (χ1n) is 6.98. The second-order valence-electron chi connectivity index (χ2n) is 5.04. The summed E-state index contributed by atoms with van der Waals surface area (Å²) in [6.45, 7) is 5.07. The van der Waals surface area contributed by atoms with Crippen molar-refractivity contribution in [2.75, 3.05) is 14.2 Å². The van der Waals surface area contributed by atoms with Gasteiger partial charge in [-0.3, -0.25) is 0 Å². The van der Waals surface area contributed by atoms with Gasteiger partial charge in [0.25, 0.3) is 0 Å². The molecule has 1 N–H and O–H groups in total.